The van der Waals surface area contributed by atoms with Gasteiger partial charge >= 0.3 is 6.18 Å². The first-order valence-electron chi connectivity index (χ1n) is 8.42. The first-order valence-corrected chi connectivity index (χ1v) is 8.42. The number of likely N-dealkylation sites (tertiary alicyclic amines) is 1. The van der Waals surface area contributed by atoms with Crippen molar-refractivity contribution in [2.45, 2.75) is 50.0 Å². The van der Waals surface area contributed by atoms with Crippen LogP contribution in [0.4, 0.5) is 13.2 Å². The SMILES string of the molecule is CC(O)(C1CCN(C(=O)C2(O)Cc3ccccc3C2)CC1)C(F)(F)F. The number of carbonyl (C=O) groups is 1. The molecule has 25 heavy (non-hydrogen) atoms. The summed E-state index contributed by atoms with van der Waals surface area (Å²) in [5, 5.41) is 20.6. The van der Waals surface area contributed by atoms with Crippen LogP contribution in [0.5, 0.6) is 0 Å². The van der Waals surface area contributed by atoms with Gasteiger partial charge in [0.2, 0.25) is 0 Å². The van der Waals surface area contributed by atoms with E-state index in [0.29, 0.717) is 0 Å². The van der Waals surface area contributed by atoms with Gasteiger partial charge < -0.3 is 15.1 Å². The normalized spacial score (nSPS) is 23.2. The molecule has 1 aliphatic heterocycles. The van der Waals surface area contributed by atoms with E-state index in [4.69, 9.17) is 0 Å². The van der Waals surface area contributed by atoms with E-state index in [1.165, 1.54) is 4.90 Å². The quantitative estimate of drug-likeness (QED) is 0.852. The van der Waals surface area contributed by atoms with E-state index in [-0.39, 0.29) is 38.8 Å². The maximum Gasteiger partial charge on any atom is 0.417 e. The van der Waals surface area contributed by atoms with Crippen LogP contribution in [-0.2, 0) is 17.6 Å². The highest BCUT2D eigenvalue weighted by Crippen LogP contribution is 2.41. The van der Waals surface area contributed by atoms with Crippen molar-refractivity contribution in [2.24, 2.45) is 5.92 Å². The van der Waals surface area contributed by atoms with Gasteiger partial charge in [-0.15, -0.1) is 0 Å². The fraction of sp³-hybridized carbons (Fsp3) is 0.611. The Hall–Kier alpha value is -1.60. The Bertz CT molecular complexity index is 639. The zero-order valence-corrected chi connectivity index (χ0v) is 14.0. The average molecular weight is 357 g/mol. The Labute approximate surface area is 144 Å². The van der Waals surface area contributed by atoms with Gasteiger partial charge in [0.25, 0.3) is 5.91 Å². The number of aliphatic hydroxyl groups is 2. The molecule has 2 N–H and O–H groups in total. The van der Waals surface area contributed by atoms with Gasteiger partial charge in [-0.25, -0.2) is 0 Å². The molecular formula is C18H22F3NO3. The summed E-state index contributed by atoms with van der Waals surface area (Å²) in [5.74, 6) is -1.39. The van der Waals surface area contributed by atoms with Crippen LogP contribution >= 0.6 is 0 Å². The van der Waals surface area contributed by atoms with Crippen LogP contribution in [0.3, 0.4) is 0 Å². The smallest absolute Gasteiger partial charge is 0.380 e. The van der Waals surface area contributed by atoms with Gasteiger partial charge in [-0.2, -0.15) is 13.2 Å². The second-order valence-corrected chi connectivity index (χ2v) is 7.37. The van der Waals surface area contributed by atoms with Gasteiger partial charge in [0.1, 0.15) is 0 Å². The number of hydrogen-bond acceptors (Lipinski definition) is 3. The van der Waals surface area contributed by atoms with Gasteiger partial charge in [0.15, 0.2) is 11.2 Å². The molecule has 1 amide bonds. The van der Waals surface area contributed by atoms with Crippen LogP contribution < -0.4 is 0 Å². The first-order chi connectivity index (χ1) is 11.5. The Morgan fingerprint density at radius 3 is 2.08 bits per heavy atom. The lowest BCUT2D eigenvalue weighted by atomic mass is 9.81. The highest BCUT2D eigenvalue weighted by atomic mass is 19.4. The van der Waals surface area contributed by atoms with Crippen molar-refractivity contribution >= 4 is 5.91 Å². The lowest BCUT2D eigenvalue weighted by Gasteiger charge is -2.41. The molecule has 0 aromatic heterocycles. The van der Waals surface area contributed by atoms with Crippen molar-refractivity contribution in [1.82, 2.24) is 4.90 Å². The van der Waals surface area contributed by atoms with Crippen LogP contribution in [0.25, 0.3) is 0 Å². The molecule has 0 saturated carbocycles. The van der Waals surface area contributed by atoms with E-state index in [9.17, 15) is 28.2 Å². The minimum absolute atomic E-state index is 0.0568. The third-order valence-corrected chi connectivity index (χ3v) is 5.63. The summed E-state index contributed by atoms with van der Waals surface area (Å²) < 4.78 is 38.9. The average Bonchev–Trinajstić information content (AvgIpc) is 2.90. The zero-order chi connectivity index (χ0) is 18.5. The highest BCUT2D eigenvalue weighted by Gasteiger charge is 2.55. The Morgan fingerprint density at radius 1 is 1.16 bits per heavy atom. The number of halogens is 3. The van der Waals surface area contributed by atoms with Gasteiger partial charge in [-0.05, 0) is 36.8 Å². The minimum Gasteiger partial charge on any atom is -0.380 e. The fourth-order valence-electron chi connectivity index (χ4n) is 3.92. The van der Waals surface area contributed by atoms with E-state index in [1.54, 1.807) is 0 Å². The lowest BCUT2D eigenvalue weighted by Crippen LogP contribution is -2.56. The fourth-order valence-corrected chi connectivity index (χ4v) is 3.92. The molecule has 1 saturated heterocycles. The number of piperidine rings is 1. The van der Waals surface area contributed by atoms with Crippen LogP contribution in [0.1, 0.15) is 30.9 Å². The number of alkyl halides is 3. The number of carbonyl (C=O) groups excluding carboxylic acids is 1. The molecule has 2 aliphatic rings. The molecule has 0 bridgehead atoms. The number of rotatable bonds is 2. The Morgan fingerprint density at radius 2 is 1.64 bits per heavy atom. The molecule has 0 spiro atoms. The lowest BCUT2D eigenvalue weighted by molar-refractivity contribution is -0.275. The molecule has 1 aliphatic carbocycles. The van der Waals surface area contributed by atoms with Crippen molar-refractivity contribution in [1.29, 1.82) is 0 Å². The predicted molar refractivity (Wildman–Crippen MR) is 84.8 cm³/mol. The standard InChI is InChI=1S/C18H22F3NO3/c1-16(24,18(19,20)21)14-6-8-22(9-7-14)15(23)17(25)10-12-4-2-3-5-13(12)11-17/h2-5,14,24-25H,6-11H2,1H3. The number of amides is 1. The molecule has 1 aromatic carbocycles. The molecule has 138 valence electrons. The third-order valence-electron chi connectivity index (χ3n) is 5.63. The molecule has 3 rings (SSSR count). The number of hydrogen-bond donors (Lipinski definition) is 2. The molecule has 1 heterocycles. The van der Waals surface area contributed by atoms with Gasteiger partial charge in [-0.1, -0.05) is 24.3 Å². The molecule has 1 fully saturated rings. The minimum atomic E-state index is -4.70. The predicted octanol–water partition coefficient (Wildman–Crippen LogP) is 2.07. The number of benzene rings is 1. The maximum atomic E-state index is 13.0. The van der Waals surface area contributed by atoms with E-state index in [2.05, 4.69) is 0 Å². The van der Waals surface area contributed by atoms with Crippen LogP contribution in [0, 0.1) is 5.92 Å². The molecule has 1 atom stereocenters. The van der Waals surface area contributed by atoms with E-state index in [1.807, 2.05) is 24.3 Å². The van der Waals surface area contributed by atoms with Crippen molar-refractivity contribution in [2.75, 3.05) is 13.1 Å². The summed E-state index contributed by atoms with van der Waals surface area (Å²) in [7, 11) is 0. The van der Waals surface area contributed by atoms with Gasteiger partial charge in [-0.3, -0.25) is 4.79 Å². The first kappa shape index (κ1) is 18.2. The summed E-state index contributed by atoms with van der Waals surface area (Å²) in [4.78, 5) is 14.2. The summed E-state index contributed by atoms with van der Waals surface area (Å²) >= 11 is 0. The Balaban J connectivity index is 1.65. The van der Waals surface area contributed by atoms with Crippen LogP contribution in [0.2, 0.25) is 0 Å². The van der Waals surface area contributed by atoms with Crippen LogP contribution in [-0.4, -0.2) is 51.5 Å². The molecule has 0 radical (unpaired) electrons. The van der Waals surface area contributed by atoms with Gasteiger partial charge in [0, 0.05) is 25.9 Å². The van der Waals surface area contributed by atoms with Crippen LogP contribution in [0.15, 0.2) is 24.3 Å². The largest absolute Gasteiger partial charge is 0.417 e. The third kappa shape index (κ3) is 3.15. The summed E-state index contributed by atoms with van der Waals surface area (Å²) in [5.41, 5.74) is -2.44. The van der Waals surface area contributed by atoms with Crippen molar-refractivity contribution in [3.8, 4) is 0 Å². The summed E-state index contributed by atoms with van der Waals surface area (Å²) in [6.45, 7) is 0.999. The maximum absolute atomic E-state index is 13.0. The topological polar surface area (TPSA) is 60.8 Å². The molecule has 1 unspecified atom stereocenters. The second kappa shape index (κ2) is 5.99. The van der Waals surface area contributed by atoms with Crippen molar-refractivity contribution in [3.63, 3.8) is 0 Å². The summed E-state index contributed by atoms with van der Waals surface area (Å²) in [6, 6.07) is 7.43. The zero-order valence-electron chi connectivity index (χ0n) is 14.0. The monoisotopic (exact) mass is 357 g/mol. The molecule has 4 nitrogen and oxygen atoms in total. The Kier molecular flexibility index (Phi) is 4.36. The van der Waals surface area contributed by atoms with Crippen molar-refractivity contribution < 1.29 is 28.2 Å². The van der Waals surface area contributed by atoms with E-state index >= 15 is 0 Å². The summed E-state index contributed by atoms with van der Waals surface area (Å²) in [6.07, 6.45) is -4.14. The molecular weight excluding hydrogens is 335 g/mol. The highest BCUT2D eigenvalue weighted by molar-refractivity contribution is 5.87. The van der Waals surface area contributed by atoms with E-state index < -0.39 is 29.2 Å². The second-order valence-electron chi connectivity index (χ2n) is 7.37. The van der Waals surface area contributed by atoms with E-state index in [0.717, 1.165) is 18.1 Å². The molecule has 7 heteroatoms. The number of fused-ring (bicyclic) bond motifs is 1. The van der Waals surface area contributed by atoms with Crippen molar-refractivity contribution in [3.05, 3.63) is 35.4 Å². The van der Waals surface area contributed by atoms with Gasteiger partial charge in [0.05, 0.1) is 0 Å². The number of nitrogens with zero attached hydrogens (tertiary/aromatic N) is 1. The molecule has 1 aromatic rings.